The van der Waals surface area contributed by atoms with Crippen LogP contribution in [0.15, 0.2) is 0 Å². The van der Waals surface area contributed by atoms with Crippen LogP contribution in [-0.4, -0.2) is 28.6 Å². The van der Waals surface area contributed by atoms with Gasteiger partial charge >= 0.3 is 0 Å². The number of hydrogen-bond acceptors (Lipinski definition) is 4. The first-order valence-electron chi connectivity index (χ1n) is 5.64. The molecular formula is C11H22OS3. The summed E-state index contributed by atoms with van der Waals surface area (Å²) in [5.74, 6) is 4.15. The van der Waals surface area contributed by atoms with E-state index in [9.17, 15) is 0 Å². The molecule has 0 spiro atoms. The number of ether oxygens (including phenoxy) is 1. The first kappa shape index (κ1) is 14.1. The molecule has 0 saturated carbocycles. The monoisotopic (exact) mass is 266 g/mol. The molecule has 1 aliphatic heterocycles. The van der Waals surface area contributed by atoms with Crippen molar-refractivity contribution in [2.45, 2.75) is 32.1 Å². The molecule has 3 atom stereocenters. The molecule has 15 heavy (non-hydrogen) atoms. The van der Waals surface area contributed by atoms with Gasteiger partial charge in [-0.1, -0.05) is 6.92 Å². The predicted molar refractivity (Wildman–Crippen MR) is 76.1 cm³/mol. The van der Waals surface area contributed by atoms with Crippen LogP contribution in [0.4, 0.5) is 0 Å². The summed E-state index contributed by atoms with van der Waals surface area (Å²) in [5, 5.41) is 0.949. The van der Waals surface area contributed by atoms with Crippen LogP contribution in [0, 0.1) is 11.8 Å². The summed E-state index contributed by atoms with van der Waals surface area (Å²) in [6.45, 7) is 5.46. The van der Waals surface area contributed by atoms with E-state index in [1.807, 2.05) is 23.5 Å². The molecule has 1 rings (SSSR count). The summed E-state index contributed by atoms with van der Waals surface area (Å²) in [7, 11) is 0. The van der Waals surface area contributed by atoms with E-state index in [1.165, 1.54) is 24.3 Å². The van der Waals surface area contributed by atoms with E-state index in [2.05, 4.69) is 26.5 Å². The molecule has 4 heteroatoms. The van der Waals surface area contributed by atoms with Crippen molar-refractivity contribution in [2.75, 3.05) is 23.2 Å². The number of hydrogen-bond donors (Lipinski definition) is 1. The van der Waals surface area contributed by atoms with Gasteiger partial charge in [0.2, 0.25) is 0 Å². The zero-order valence-corrected chi connectivity index (χ0v) is 12.2. The Bertz CT molecular complexity index is 158. The molecule has 0 aliphatic carbocycles. The van der Waals surface area contributed by atoms with Crippen LogP contribution >= 0.6 is 36.2 Å². The van der Waals surface area contributed by atoms with Crippen molar-refractivity contribution < 1.29 is 4.74 Å². The van der Waals surface area contributed by atoms with Gasteiger partial charge in [0.05, 0.1) is 12.0 Å². The summed E-state index contributed by atoms with van der Waals surface area (Å²) in [6, 6.07) is 0. The fourth-order valence-corrected chi connectivity index (χ4v) is 3.64. The first-order chi connectivity index (χ1) is 7.22. The minimum Gasteiger partial charge on any atom is -0.368 e. The molecule has 1 saturated heterocycles. The van der Waals surface area contributed by atoms with Crippen molar-refractivity contribution in [3.8, 4) is 0 Å². The third-order valence-corrected chi connectivity index (χ3v) is 5.50. The summed E-state index contributed by atoms with van der Waals surface area (Å²) >= 11 is 8.10. The minimum absolute atomic E-state index is 0.415. The van der Waals surface area contributed by atoms with E-state index in [4.69, 9.17) is 4.74 Å². The molecule has 0 N–H and O–H groups in total. The lowest BCUT2D eigenvalue weighted by Gasteiger charge is -2.27. The highest BCUT2D eigenvalue weighted by Gasteiger charge is 2.19. The molecule has 0 bridgehead atoms. The van der Waals surface area contributed by atoms with Crippen molar-refractivity contribution in [3.63, 3.8) is 0 Å². The van der Waals surface area contributed by atoms with Gasteiger partial charge in [-0.25, -0.2) is 0 Å². The second-order valence-electron chi connectivity index (χ2n) is 4.28. The SMILES string of the molecule is CC(CCC1COC(C)SC1)CSCS. The minimum atomic E-state index is 0.415. The highest BCUT2D eigenvalue weighted by atomic mass is 32.2. The number of thioether (sulfide) groups is 2. The molecule has 3 unspecified atom stereocenters. The molecular weight excluding hydrogens is 244 g/mol. The van der Waals surface area contributed by atoms with E-state index in [0.29, 0.717) is 5.44 Å². The summed E-state index contributed by atoms with van der Waals surface area (Å²) in [6.07, 6.45) is 2.66. The molecule has 1 aliphatic rings. The predicted octanol–water partition coefficient (Wildman–Crippen LogP) is 3.75. The smallest absolute Gasteiger partial charge is 0.0999 e. The average Bonchev–Trinajstić information content (AvgIpc) is 2.25. The Hall–Kier alpha value is 1.01. The van der Waals surface area contributed by atoms with Crippen LogP contribution in [0.1, 0.15) is 26.7 Å². The van der Waals surface area contributed by atoms with Crippen LogP contribution in [0.2, 0.25) is 0 Å². The van der Waals surface area contributed by atoms with Crippen molar-refractivity contribution >= 4 is 36.2 Å². The Balaban J connectivity index is 2.04. The maximum atomic E-state index is 5.65. The molecule has 0 amide bonds. The highest BCUT2D eigenvalue weighted by molar-refractivity contribution is 8.09. The van der Waals surface area contributed by atoms with Crippen LogP contribution in [0.25, 0.3) is 0 Å². The maximum absolute atomic E-state index is 5.65. The summed E-state index contributed by atoms with van der Waals surface area (Å²) < 4.78 is 5.65. The molecule has 0 aromatic heterocycles. The Labute approximate surface area is 108 Å². The third kappa shape index (κ3) is 6.35. The molecule has 90 valence electrons. The first-order valence-corrected chi connectivity index (χ1v) is 8.47. The van der Waals surface area contributed by atoms with Gasteiger partial charge in [-0.15, -0.1) is 11.8 Å². The van der Waals surface area contributed by atoms with E-state index < -0.39 is 0 Å². The standard InChI is InChI=1S/C11H22OS3/c1-9(6-14-8-13)3-4-11-5-12-10(2)15-7-11/h9-11,13H,3-8H2,1-2H3. The number of thiol groups is 1. The Morgan fingerprint density at radius 2 is 2.40 bits per heavy atom. The summed E-state index contributed by atoms with van der Waals surface area (Å²) in [4.78, 5) is 0. The number of rotatable bonds is 6. The quantitative estimate of drug-likeness (QED) is 0.579. The van der Waals surface area contributed by atoms with Crippen molar-refractivity contribution in [3.05, 3.63) is 0 Å². The van der Waals surface area contributed by atoms with Gasteiger partial charge in [0, 0.05) is 10.8 Å². The molecule has 0 radical (unpaired) electrons. The van der Waals surface area contributed by atoms with Gasteiger partial charge in [-0.05, 0) is 37.4 Å². The fourth-order valence-electron chi connectivity index (χ4n) is 1.66. The summed E-state index contributed by atoms with van der Waals surface area (Å²) in [5.41, 5.74) is 0.415. The van der Waals surface area contributed by atoms with Crippen LogP contribution in [0.3, 0.4) is 0 Å². The van der Waals surface area contributed by atoms with Crippen LogP contribution in [0.5, 0.6) is 0 Å². The van der Waals surface area contributed by atoms with Crippen LogP contribution in [-0.2, 0) is 4.74 Å². The molecule has 1 fully saturated rings. The zero-order chi connectivity index (χ0) is 11.1. The molecule has 0 aromatic rings. The van der Waals surface area contributed by atoms with Gasteiger partial charge in [-0.3, -0.25) is 0 Å². The van der Waals surface area contributed by atoms with Gasteiger partial charge in [-0.2, -0.15) is 24.4 Å². The normalized spacial score (nSPS) is 29.0. The maximum Gasteiger partial charge on any atom is 0.0999 e. The van der Waals surface area contributed by atoms with Crippen molar-refractivity contribution in [1.29, 1.82) is 0 Å². The van der Waals surface area contributed by atoms with E-state index in [1.54, 1.807) is 0 Å². The lowest BCUT2D eigenvalue weighted by atomic mass is 10.00. The van der Waals surface area contributed by atoms with Gasteiger partial charge in [0.25, 0.3) is 0 Å². The Kier molecular flexibility index (Phi) is 7.65. The van der Waals surface area contributed by atoms with Crippen molar-refractivity contribution in [1.82, 2.24) is 0 Å². The lowest BCUT2D eigenvalue weighted by Crippen LogP contribution is -2.23. The third-order valence-electron chi connectivity index (χ3n) is 2.69. The average molecular weight is 266 g/mol. The Morgan fingerprint density at radius 1 is 1.60 bits per heavy atom. The van der Waals surface area contributed by atoms with Crippen LogP contribution < -0.4 is 0 Å². The Morgan fingerprint density at radius 3 is 3.00 bits per heavy atom. The molecule has 0 aromatic carbocycles. The van der Waals surface area contributed by atoms with E-state index in [-0.39, 0.29) is 0 Å². The molecule has 1 heterocycles. The lowest BCUT2D eigenvalue weighted by molar-refractivity contribution is 0.0819. The largest absolute Gasteiger partial charge is 0.368 e. The van der Waals surface area contributed by atoms with Crippen molar-refractivity contribution in [2.24, 2.45) is 11.8 Å². The molecule has 1 nitrogen and oxygen atoms in total. The second kappa shape index (κ2) is 8.15. The zero-order valence-electron chi connectivity index (χ0n) is 9.65. The van der Waals surface area contributed by atoms with Gasteiger partial charge in [0.1, 0.15) is 0 Å². The fraction of sp³-hybridized carbons (Fsp3) is 1.00. The van der Waals surface area contributed by atoms with Gasteiger partial charge in [0.15, 0.2) is 0 Å². The topological polar surface area (TPSA) is 9.23 Å². The van der Waals surface area contributed by atoms with Gasteiger partial charge < -0.3 is 4.74 Å². The second-order valence-corrected chi connectivity index (χ2v) is 7.39. The van der Waals surface area contributed by atoms with E-state index >= 15 is 0 Å². The highest BCUT2D eigenvalue weighted by Crippen LogP contribution is 2.27. The van der Waals surface area contributed by atoms with E-state index in [0.717, 1.165) is 23.5 Å².